The van der Waals surface area contributed by atoms with Gasteiger partial charge in [0.1, 0.15) is 5.54 Å². The average molecular weight is 342 g/mol. The van der Waals surface area contributed by atoms with Gasteiger partial charge in [0.2, 0.25) is 0 Å². The van der Waals surface area contributed by atoms with Crippen molar-refractivity contribution in [2.45, 2.75) is 44.1 Å². The number of likely N-dealkylation sites (tertiary alicyclic amines) is 1. The van der Waals surface area contributed by atoms with Crippen LogP contribution >= 0.6 is 0 Å². The van der Waals surface area contributed by atoms with Crippen molar-refractivity contribution in [3.8, 4) is 0 Å². The van der Waals surface area contributed by atoms with Gasteiger partial charge in [-0.1, -0.05) is 12.1 Å². The minimum absolute atomic E-state index is 0.140. The Morgan fingerprint density at radius 2 is 1.88 bits per heavy atom. The molecule has 7 nitrogen and oxygen atoms in total. The Morgan fingerprint density at radius 3 is 2.60 bits per heavy atom. The fourth-order valence-electron chi connectivity index (χ4n) is 4.06. The van der Waals surface area contributed by atoms with Crippen LogP contribution in [0, 0.1) is 0 Å². The zero-order valence-electron chi connectivity index (χ0n) is 14.1. The minimum atomic E-state index is -0.847. The van der Waals surface area contributed by atoms with Crippen LogP contribution in [0.3, 0.4) is 0 Å². The molecule has 1 aromatic carbocycles. The van der Waals surface area contributed by atoms with Crippen molar-refractivity contribution < 1.29 is 14.4 Å². The highest BCUT2D eigenvalue weighted by atomic mass is 16.2. The third-order valence-electron chi connectivity index (χ3n) is 5.56. The Hall–Kier alpha value is -2.57. The first kappa shape index (κ1) is 15.9. The summed E-state index contributed by atoms with van der Waals surface area (Å²) in [5.74, 6) is -0.283. The van der Waals surface area contributed by atoms with Crippen molar-refractivity contribution in [3.05, 3.63) is 29.3 Å². The highest BCUT2D eigenvalue weighted by molar-refractivity contribution is 6.07. The maximum atomic E-state index is 12.6. The second-order valence-electron chi connectivity index (χ2n) is 7.06. The third kappa shape index (κ3) is 2.83. The van der Waals surface area contributed by atoms with E-state index in [1.807, 2.05) is 12.1 Å². The normalized spacial score (nSPS) is 21.5. The monoisotopic (exact) mass is 342 g/mol. The van der Waals surface area contributed by atoms with Gasteiger partial charge in [-0.05, 0) is 55.7 Å². The summed E-state index contributed by atoms with van der Waals surface area (Å²) in [6.45, 7) is 0.878. The molecule has 0 atom stereocenters. The van der Waals surface area contributed by atoms with Gasteiger partial charge in [0.15, 0.2) is 0 Å². The quantitative estimate of drug-likeness (QED) is 0.680. The van der Waals surface area contributed by atoms with Crippen LogP contribution in [0.15, 0.2) is 18.2 Å². The molecular weight excluding hydrogens is 320 g/mol. The molecule has 2 aliphatic heterocycles. The maximum absolute atomic E-state index is 12.6. The van der Waals surface area contributed by atoms with Crippen molar-refractivity contribution in [2.75, 3.05) is 18.4 Å². The van der Waals surface area contributed by atoms with Gasteiger partial charge in [-0.2, -0.15) is 0 Å². The number of fused-ring (bicyclic) bond motifs is 1. The number of aryl methyl sites for hydroxylation is 1. The summed E-state index contributed by atoms with van der Waals surface area (Å²) < 4.78 is 0. The molecule has 1 aromatic rings. The Balaban J connectivity index is 1.42. The summed E-state index contributed by atoms with van der Waals surface area (Å²) >= 11 is 0. The highest BCUT2D eigenvalue weighted by Crippen LogP contribution is 2.29. The number of hydrogen-bond acceptors (Lipinski definition) is 3. The molecule has 5 amide bonds. The predicted octanol–water partition coefficient (Wildman–Crippen LogP) is 1.77. The molecule has 2 heterocycles. The molecule has 2 fully saturated rings. The van der Waals surface area contributed by atoms with E-state index in [1.165, 1.54) is 17.5 Å². The molecule has 0 saturated carbocycles. The van der Waals surface area contributed by atoms with Crippen molar-refractivity contribution in [3.63, 3.8) is 0 Å². The number of hydrogen-bond donors (Lipinski definition) is 3. The van der Waals surface area contributed by atoms with E-state index in [9.17, 15) is 14.4 Å². The summed E-state index contributed by atoms with van der Waals surface area (Å²) in [6, 6.07) is 5.50. The van der Waals surface area contributed by atoms with Crippen molar-refractivity contribution in [1.82, 2.24) is 15.5 Å². The van der Waals surface area contributed by atoms with Crippen LogP contribution in [0.1, 0.15) is 36.8 Å². The summed E-state index contributed by atoms with van der Waals surface area (Å²) in [7, 11) is 0. The first-order valence-electron chi connectivity index (χ1n) is 8.88. The van der Waals surface area contributed by atoms with E-state index < -0.39 is 11.6 Å². The number of carbonyl (C=O) groups is 3. The van der Waals surface area contributed by atoms with Crippen LogP contribution in [-0.4, -0.2) is 41.5 Å². The summed E-state index contributed by atoms with van der Waals surface area (Å²) in [5.41, 5.74) is 2.62. The van der Waals surface area contributed by atoms with E-state index in [0.717, 1.165) is 24.9 Å². The molecule has 0 unspecified atom stereocenters. The van der Waals surface area contributed by atoms with E-state index in [2.05, 4.69) is 22.0 Å². The number of urea groups is 2. The minimum Gasteiger partial charge on any atom is -0.324 e. The fourth-order valence-corrected chi connectivity index (χ4v) is 4.06. The highest BCUT2D eigenvalue weighted by Gasteiger charge is 2.48. The smallest absolute Gasteiger partial charge is 0.322 e. The van der Waals surface area contributed by atoms with Crippen LogP contribution in [-0.2, 0) is 17.6 Å². The number of benzene rings is 1. The van der Waals surface area contributed by atoms with Gasteiger partial charge in [0.25, 0.3) is 5.91 Å². The third-order valence-corrected chi connectivity index (χ3v) is 5.56. The SMILES string of the molecule is O=C1NC(=O)C2(CCN(C(=O)Nc3cccc4c3CCCC4)CC2)N1. The van der Waals surface area contributed by atoms with Gasteiger partial charge in [-0.3, -0.25) is 10.1 Å². The Morgan fingerprint density at radius 1 is 1.12 bits per heavy atom. The van der Waals surface area contributed by atoms with E-state index in [4.69, 9.17) is 0 Å². The van der Waals surface area contributed by atoms with Crippen LogP contribution < -0.4 is 16.0 Å². The molecule has 4 rings (SSSR count). The fraction of sp³-hybridized carbons (Fsp3) is 0.500. The Bertz CT molecular complexity index is 738. The van der Waals surface area contributed by atoms with Crippen LogP contribution in [0.4, 0.5) is 15.3 Å². The molecule has 2 saturated heterocycles. The number of nitrogens with one attached hydrogen (secondary N) is 3. The lowest BCUT2D eigenvalue weighted by molar-refractivity contribution is -0.125. The summed E-state index contributed by atoms with van der Waals surface area (Å²) in [4.78, 5) is 37.7. The van der Waals surface area contributed by atoms with Gasteiger partial charge >= 0.3 is 12.1 Å². The van der Waals surface area contributed by atoms with Gasteiger partial charge < -0.3 is 15.5 Å². The van der Waals surface area contributed by atoms with Gasteiger partial charge in [0.05, 0.1) is 0 Å². The largest absolute Gasteiger partial charge is 0.324 e. The topological polar surface area (TPSA) is 90.5 Å². The lowest BCUT2D eigenvalue weighted by Gasteiger charge is -2.37. The van der Waals surface area contributed by atoms with Crippen LogP contribution in [0.25, 0.3) is 0 Å². The molecule has 0 bridgehead atoms. The molecule has 3 N–H and O–H groups in total. The average Bonchev–Trinajstić information content (AvgIpc) is 2.89. The van der Waals surface area contributed by atoms with E-state index in [1.54, 1.807) is 4.90 Å². The number of piperidine rings is 1. The van der Waals surface area contributed by atoms with Crippen molar-refractivity contribution >= 4 is 23.7 Å². The molecule has 25 heavy (non-hydrogen) atoms. The number of rotatable bonds is 1. The Labute approximate surface area is 146 Å². The molecule has 132 valence electrons. The molecule has 1 aliphatic carbocycles. The van der Waals surface area contributed by atoms with Crippen LogP contribution in [0.5, 0.6) is 0 Å². The predicted molar refractivity (Wildman–Crippen MR) is 92.3 cm³/mol. The van der Waals surface area contributed by atoms with Gasteiger partial charge in [0, 0.05) is 18.8 Å². The Kier molecular flexibility index (Phi) is 3.86. The lowest BCUT2D eigenvalue weighted by atomic mass is 9.88. The van der Waals surface area contributed by atoms with Crippen molar-refractivity contribution in [2.24, 2.45) is 0 Å². The second-order valence-corrected chi connectivity index (χ2v) is 7.06. The first-order valence-corrected chi connectivity index (χ1v) is 8.88. The lowest BCUT2D eigenvalue weighted by Crippen LogP contribution is -2.56. The summed E-state index contributed by atoms with van der Waals surface area (Å²) in [6.07, 6.45) is 5.30. The molecule has 0 radical (unpaired) electrons. The summed E-state index contributed by atoms with van der Waals surface area (Å²) in [5, 5.41) is 8.04. The van der Waals surface area contributed by atoms with E-state index >= 15 is 0 Å². The maximum Gasteiger partial charge on any atom is 0.322 e. The number of imide groups is 1. The van der Waals surface area contributed by atoms with Gasteiger partial charge in [-0.25, -0.2) is 9.59 Å². The molecule has 3 aliphatic rings. The number of anilines is 1. The van der Waals surface area contributed by atoms with Crippen LogP contribution in [0.2, 0.25) is 0 Å². The number of amides is 5. The zero-order chi connectivity index (χ0) is 17.4. The first-order chi connectivity index (χ1) is 12.1. The molecule has 1 spiro atoms. The van der Waals surface area contributed by atoms with E-state index in [-0.39, 0.29) is 11.9 Å². The van der Waals surface area contributed by atoms with Gasteiger partial charge in [-0.15, -0.1) is 0 Å². The standard InChI is InChI=1S/C18H22N4O3/c23-15-18(21-16(24)20-15)8-10-22(11-9-18)17(25)19-14-7-3-5-12-4-1-2-6-13(12)14/h3,5,7H,1-2,4,6,8-11H2,(H,19,25)(H2,20,21,23,24). The number of nitrogens with zero attached hydrogens (tertiary/aromatic N) is 1. The molecule has 7 heteroatoms. The zero-order valence-corrected chi connectivity index (χ0v) is 14.1. The second kappa shape index (κ2) is 6.06. The number of carbonyl (C=O) groups excluding carboxylic acids is 3. The van der Waals surface area contributed by atoms with Crippen molar-refractivity contribution in [1.29, 1.82) is 0 Å². The molecule has 0 aromatic heterocycles. The van der Waals surface area contributed by atoms with E-state index in [0.29, 0.717) is 25.9 Å². The molecular formula is C18H22N4O3.